The predicted octanol–water partition coefficient (Wildman–Crippen LogP) is 8.11. The van der Waals surface area contributed by atoms with Gasteiger partial charge in [0.05, 0.1) is 19.8 Å². The molecule has 3 aromatic carbocycles. The molecule has 3 atom stereocenters. The van der Waals surface area contributed by atoms with E-state index in [-0.39, 0.29) is 14.9 Å². The molecule has 3 aliphatic rings. The molecule has 40 heavy (non-hydrogen) atoms. The molecule has 6 nitrogen and oxygen atoms in total. The van der Waals surface area contributed by atoms with Crippen molar-refractivity contribution in [2.75, 3.05) is 39.6 Å². The number of epoxide rings is 3. The van der Waals surface area contributed by atoms with Crippen molar-refractivity contribution in [3.8, 4) is 17.2 Å². The van der Waals surface area contributed by atoms with Gasteiger partial charge in [-0.05, 0) is 36.4 Å². The fourth-order valence-electron chi connectivity index (χ4n) is 2.61. The van der Waals surface area contributed by atoms with Crippen LogP contribution in [0.1, 0.15) is 49.0 Å². The maximum atomic E-state index is 5.40. The van der Waals surface area contributed by atoms with Crippen molar-refractivity contribution in [1.29, 1.82) is 0 Å². The van der Waals surface area contributed by atoms with Gasteiger partial charge in [0.25, 0.3) is 0 Å². The summed E-state index contributed by atoms with van der Waals surface area (Å²) < 4.78 is 31.2. The summed E-state index contributed by atoms with van der Waals surface area (Å²) in [5.41, 5.74) is 0. The first kappa shape index (κ1) is 36.9. The van der Waals surface area contributed by atoms with Gasteiger partial charge in [-0.15, -0.1) is 0 Å². The minimum absolute atomic E-state index is 0. The molecule has 0 amide bonds. The Morgan fingerprint density at radius 1 is 0.500 bits per heavy atom. The molecule has 0 bridgehead atoms. The highest BCUT2D eigenvalue weighted by molar-refractivity contribution is 5.22. The monoisotopic (exact) mass is 556 g/mol. The first-order valence-corrected chi connectivity index (χ1v) is 13.6. The number of hydrogen-bond acceptors (Lipinski definition) is 6. The van der Waals surface area contributed by atoms with E-state index in [9.17, 15) is 0 Å². The van der Waals surface area contributed by atoms with Crippen molar-refractivity contribution in [3.63, 3.8) is 0 Å². The van der Waals surface area contributed by atoms with E-state index in [0.717, 1.165) is 37.1 Å². The molecule has 0 aromatic heterocycles. The van der Waals surface area contributed by atoms with Gasteiger partial charge in [-0.2, -0.15) is 0 Å². The fraction of sp³-hybridized carbons (Fsp3) is 0.471. The smallest absolute Gasteiger partial charge is 0.119 e. The lowest BCUT2D eigenvalue weighted by atomic mass is 10.3. The third kappa shape index (κ3) is 19.9. The Hall–Kier alpha value is -3.06. The van der Waals surface area contributed by atoms with Crippen molar-refractivity contribution in [2.24, 2.45) is 0 Å². The Bertz CT molecular complexity index is 788. The molecule has 0 spiro atoms. The van der Waals surface area contributed by atoms with Gasteiger partial charge in [0, 0.05) is 0 Å². The lowest BCUT2D eigenvalue weighted by molar-refractivity contribution is 0.263. The van der Waals surface area contributed by atoms with E-state index in [4.69, 9.17) is 28.4 Å². The number of hydrogen-bond donors (Lipinski definition) is 0. The number of rotatable bonds is 9. The molecule has 0 aliphatic carbocycles. The van der Waals surface area contributed by atoms with E-state index in [0.29, 0.717) is 38.1 Å². The van der Waals surface area contributed by atoms with Crippen LogP contribution in [0.5, 0.6) is 17.2 Å². The van der Waals surface area contributed by atoms with Crippen LogP contribution in [0.4, 0.5) is 0 Å². The van der Waals surface area contributed by atoms with Gasteiger partial charge in [-0.3, -0.25) is 0 Å². The molecule has 0 N–H and O–H groups in total. The van der Waals surface area contributed by atoms with Crippen LogP contribution in [0.15, 0.2) is 91.0 Å². The zero-order chi connectivity index (χ0) is 27.3. The standard InChI is InChI=1S/3C9H10O2.C3H8.C2H6.2CH4/c3*1-2-4-8(5-3-1)10-6-9-7-11-9;1-3-2;1-2;;/h3*1-5,9H,6-7H2;3H2,1-2H3;1-2H3;2*1H4. The van der Waals surface area contributed by atoms with Crippen LogP contribution in [0.25, 0.3) is 0 Å². The fourth-order valence-corrected chi connectivity index (χ4v) is 2.61. The highest BCUT2D eigenvalue weighted by Gasteiger charge is 2.24. The van der Waals surface area contributed by atoms with Crippen LogP contribution in [-0.4, -0.2) is 58.0 Å². The number of benzene rings is 3. The quantitative estimate of drug-likeness (QED) is 0.248. The zero-order valence-corrected chi connectivity index (χ0v) is 23.3. The van der Waals surface area contributed by atoms with Crippen LogP contribution in [0, 0.1) is 0 Å². The molecule has 6 heteroatoms. The largest absolute Gasteiger partial charge is 0.491 e. The second-order valence-electron chi connectivity index (χ2n) is 8.45. The molecule has 0 radical (unpaired) electrons. The van der Waals surface area contributed by atoms with Gasteiger partial charge >= 0.3 is 0 Å². The summed E-state index contributed by atoms with van der Waals surface area (Å²) in [7, 11) is 0. The second kappa shape index (κ2) is 23.8. The maximum Gasteiger partial charge on any atom is 0.119 e. The van der Waals surface area contributed by atoms with Crippen molar-refractivity contribution >= 4 is 0 Å². The van der Waals surface area contributed by atoms with Crippen LogP contribution >= 0.6 is 0 Å². The van der Waals surface area contributed by atoms with Gasteiger partial charge in [-0.1, -0.05) is 104 Å². The highest BCUT2D eigenvalue weighted by Crippen LogP contribution is 2.15. The minimum Gasteiger partial charge on any atom is -0.491 e. The minimum atomic E-state index is 0. The van der Waals surface area contributed by atoms with Crippen molar-refractivity contribution in [1.82, 2.24) is 0 Å². The molecule has 0 saturated carbocycles. The second-order valence-corrected chi connectivity index (χ2v) is 8.45. The van der Waals surface area contributed by atoms with Crippen molar-refractivity contribution < 1.29 is 28.4 Å². The van der Waals surface area contributed by atoms with E-state index in [1.807, 2.05) is 105 Å². The first-order chi connectivity index (χ1) is 18.8. The van der Waals surface area contributed by atoms with Gasteiger partial charge in [-0.25, -0.2) is 0 Å². The molecule has 3 aromatic rings. The summed E-state index contributed by atoms with van der Waals surface area (Å²) in [6, 6.07) is 29.4. The summed E-state index contributed by atoms with van der Waals surface area (Å²) in [5.74, 6) is 2.76. The van der Waals surface area contributed by atoms with Crippen LogP contribution < -0.4 is 14.2 Å². The molecule has 3 fully saturated rings. The molecule has 3 aliphatic heterocycles. The van der Waals surface area contributed by atoms with Gasteiger partial charge in [0.2, 0.25) is 0 Å². The van der Waals surface area contributed by atoms with Crippen LogP contribution in [0.2, 0.25) is 0 Å². The number of ether oxygens (including phenoxy) is 6. The van der Waals surface area contributed by atoms with E-state index in [2.05, 4.69) is 13.8 Å². The van der Waals surface area contributed by atoms with Crippen LogP contribution in [0.3, 0.4) is 0 Å². The van der Waals surface area contributed by atoms with Gasteiger partial charge in [0.15, 0.2) is 0 Å². The SMILES string of the molecule is C.C.CC.CCC.c1ccc(OCC2CO2)cc1.c1ccc(OCC2CO2)cc1.c1ccc(OCC2CO2)cc1. The molecule has 3 heterocycles. The molecule has 224 valence electrons. The van der Waals surface area contributed by atoms with Crippen LogP contribution in [-0.2, 0) is 14.2 Å². The van der Waals surface area contributed by atoms with E-state index >= 15 is 0 Å². The average molecular weight is 557 g/mol. The first-order valence-electron chi connectivity index (χ1n) is 13.6. The lowest BCUT2D eigenvalue weighted by Crippen LogP contribution is -2.03. The molecular weight excluding hydrogens is 504 g/mol. The predicted molar refractivity (Wildman–Crippen MR) is 166 cm³/mol. The summed E-state index contributed by atoms with van der Waals surface area (Å²) in [6.07, 6.45) is 2.28. The Morgan fingerprint density at radius 2 is 0.700 bits per heavy atom. The highest BCUT2D eigenvalue weighted by atomic mass is 16.6. The molecule has 3 unspecified atom stereocenters. The van der Waals surface area contributed by atoms with E-state index in [1.165, 1.54) is 6.42 Å². The summed E-state index contributed by atoms with van der Waals surface area (Å²) in [5, 5.41) is 0. The Morgan fingerprint density at radius 3 is 0.875 bits per heavy atom. The summed E-state index contributed by atoms with van der Waals surface area (Å²) in [6.45, 7) is 12.9. The van der Waals surface area contributed by atoms with E-state index in [1.54, 1.807) is 0 Å². The molecular formula is C34H52O6. The molecule has 6 rings (SSSR count). The van der Waals surface area contributed by atoms with Gasteiger partial charge < -0.3 is 28.4 Å². The maximum absolute atomic E-state index is 5.40. The number of para-hydroxylation sites is 3. The van der Waals surface area contributed by atoms with E-state index < -0.39 is 0 Å². The Kier molecular flexibility index (Phi) is 22.0. The third-order valence-electron chi connectivity index (χ3n) is 4.74. The zero-order valence-electron chi connectivity index (χ0n) is 23.3. The van der Waals surface area contributed by atoms with Gasteiger partial charge in [0.1, 0.15) is 55.4 Å². The van der Waals surface area contributed by atoms with Crippen molar-refractivity contribution in [2.45, 2.75) is 67.3 Å². The summed E-state index contributed by atoms with van der Waals surface area (Å²) >= 11 is 0. The Labute approximate surface area is 243 Å². The lowest BCUT2D eigenvalue weighted by Gasteiger charge is -2.01. The third-order valence-corrected chi connectivity index (χ3v) is 4.74. The Balaban J connectivity index is 0.000000515. The average Bonchev–Trinajstić information content (AvgIpc) is 3.84. The molecule has 3 saturated heterocycles. The van der Waals surface area contributed by atoms with Crippen molar-refractivity contribution in [3.05, 3.63) is 91.0 Å². The normalized spacial score (nSPS) is 18.1. The summed E-state index contributed by atoms with van der Waals surface area (Å²) in [4.78, 5) is 0. The topological polar surface area (TPSA) is 65.3 Å².